The first-order chi connectivity index (χ1) is 35.0. The molecule has 0 aliphatic carbocycles. The first-order valence-electron chi connectivity index (χ1n) is 29.7. The van der Waals surface area contributed by atoms with Crippen molar-refractivity contribution in [2.24, 2.45) is 0 Å². The first-order valence-corrected chi connectivity index (χ1v) is 29.7. The van der Waals surface area contributed by atoms with Crippen LogP contribution in [0.15, 0.2) is 97.2 Å². The standard InChI is InChI=1S/C65H110O6/c1-4-7-10-13-16-19-22-25-28-31-32-35-37-40-43-46-49-52-55-58-64(67)70-61-62(71-65(68)59-56-53-50-47-44-41-38-34-30-27-24-21-18-15-12-9-6-3)60-69-63(66)57-54-51-48-45-42-39-36-33-29-26-23-20-17-14-11-8-5-2/h9,12,16,18-19,21,25,27-28,30,32,35,38,41,47,50,62H,4-8,10-11,13-15,17,20,22-24,26,29,31,33-34,36-37,39-40,42-46,48-49,51-61H2,1-3H3/b12-9-,19-16-,21-18-,28-25-,30-27-,35-32-,41-38-,50-47-/t62-/m1/s1. The summed E-state index contributed by atoms with van der Waals surface area (Å²) in [4.78, 5) is 38.2. The van der Waals surface area contributed by atoms with Gasteiger partial charge in [0.25, 0.3) is 0 Å². The molecular weight excluding hydrogens is 877 g/mol. The number of carbonyl (C=O) groups is 3. The molecule has 0 N–H and O–H groups in total. The third-order valence-electron chi connectivity index (χ3n) is 12.6. The number of allylic oxidation sites excluding steroid dienone is 16. The van der Waals surface area contributed by atoms with Crippen molar-refractivity contribution in [2.45, 2.75) is 284 Å². The number of unbranched alkanes of at least 4 members (excludes halogenated alkanes) is 26. The van der Waals surface area contributed by atoms with Gasteiger partial charge in [0.05, 0.1) is 0 Å². The second-order valence-corrected chi connectivity index (χ2v) is 19.5. The van der Waals surface area contributed by atoms with E-state index in [2.05, 4.69) is 118 Å². The van der Waals surface area contributed by atoms with Crippen LogP contribution in [0.4, 0.5) is 0 Å². The Labute approximate surface area is 438 Å². The summed E-state index contributed by atoms with van der Waals surface area (Å²) < 4.78 is 16.8. The Bertz CT molecular complexity index is 1410. The fourth-order valence-corrected chi connectivity index (χ4v) is 8.13. The number of esters is 3. The minimum atomic E-state index is -0.813. The average molecular weight is 988 g/mol. The number of hydrogen-bond acceptors (Lipinski definition) is 6. The van der Waals surface area contributed by atoms with Crippen molar-refractivity contribution < 1.29 is 28.6 Å². The van der Waals surface area contributed by atoms with Crippen LogP contribution in [-0.4, -0.2) is 37.2 Å². The Hall–Kier alpha value is -3.67. The molecule has 0 aromatic heterocycles. The van der Waals surface area contributed by atoms with Gasteiger partial charge in [0.2, 0.25) is 0 Å². The summed E-state index contributed by atoms with van der Waals surface area (Å²) in [6, 6.07) is 0. The quantitative estimate of drug-likeness (QED) is 0.0261. The van der Waals surface area contributed by atoms with Gasteiger partial charge in [-0.15, -0.1) is 0 Å². The van der Waals surface area contributed by atoms with Gasteiger partial charge in [-0.25, -0.2) is 0 Å². The number of carbonyl (C=O) groups excluding carboxylic acids is 3. The van der Waals surface area contributed by atoms with Crippen LogP contribution in [0.5, 0.6) is 0 Å². The molecule has 0 radical (unpaired) electrons. The van der Waals surface area contributed by atoms with Crippen LogP contribution in [0.2, 0.25) is 0 Å². The molecule has 6 nitrogen and oxygen atoms in total. The fraction of sp³-hybridized carbons (Fsp3) is 0.708. The summed E-state index contributed by atoms with van der Waals surface area (Å²) in [6.07, 6.45) is 78.3. The van der Waals surface area contributed by atoms with Crippen molar-refractivity contribution in [1.82, 2.24) is 0 Å². The molecule has 0 amide bonds. The zero-order chi connectivity index (χ0) is 51.4. The van der Waals surface area contributed by atoms with Gasteiger partial charge in [0, 0.05) is 19.3 Å². The van der Waals surface area contributed by atoms with Gasteiger partial charge in [0.1, 0.15) is 13.2 Å². The van der Waals surface area contributed by atoms with Crippen molar-refractivity contribution >= 4 is 17.9 Å². The average Bonchev–Trinajstić information content (AvgIpc) is 3.37. The molecule has 0 rings (SSSR count). The van der Waals surface area contributed by atoms with Gasteiger partial charge in [0.15, 0.2) is 6.10 Å². The van der Waals surface area contributed by atoms with E-state index in [9.17, 15) is 14.4 Å². The fourth-order valence-electron chi connectivity index (χ4n) is 8.13. The lowest BCUT2D eigenvalue weighted by atomic mass is 10.0. The molecular formula is C65H110O6. The monoisotopic (exact) mass is 987 g/mol. The topological polar surface area (TPSA) is 78.9 Å². The second kappa shape index (κ2) is 58.9. The predicted octanol–water partition coefficient (Wildman–Crippen LogP) is 20.1. The molecule has 0 saturated carbocycles. The van der Waals surface area contributed by atoms with E-state index >= 15 is 0 Å². The summed E-state index contributed by atoms with van der Waals surface area (Å²) in [5.74, 6) is -0.968. The molecule has 406 valence electrons. The molecule has 0 aliphatic heterocycles. The maximum absolute atomic E-state index is 12.8. The third-order valence-corrected chi connectivity index (χ3v) is 12.6. The van der Waals surface area contributed by atoms with E-state index in [1.54, 1.807) is 0 Å². The minimum absolute atomic E-state index is 0.103. The summed E-state index contributed by atoms with van der Waals surface area (Å²) in [5, 5.41) is 0. The molecule has 0 unspecified atom stereocenters. The Morgan fingerprint density at radius 3 is 0.930 bits per heavy atom. The molecule has 6 heteroatoms. The van der Waals surface area contributed by atoms with Crippen molar-refractivity contribution in [3.05, 3.63) is 97.2 Å². The molecule has 0 aromatic carbocycles. The van der Waals surface area contributed by atoms with Gasteiger partial charge < -0.3 is 14.2 Å². The highest BCUT2D eigenvalue weighted by atomic mass is 16.6. The summed E-state index contributed by atoms with van der Waals surface area (Å²) in [5.41, 5.74) is 0. The van der Waals surface area contributed by atoms with E-state index in [-0.39, 0.29) is 37.5 Å². The molecule has 1 atom stereocenters. The van der Waals surface area contributed by atoms with Crippen molar-refractivity contribution in [3.63, 3.8) is 0 Å². The van der Waals surface area contributed by atoms with Gasteiger partial charge >= 0.3 is 17.9 Å². The highest BCUT2D eigenvalue weighted by molar-refractivity contribution is 5.71. The summed E-state index contributed by atoms with van der Waals surface area (Å²) in [7, 11) is 0. The molecule has 0 heterocycles. The first kappa shape index (κ1) is 67.3. The summed E-state index contributed by atoms with van der Waals surface area (Å²) in [6.45, 7) is 6.46. The van der Waals surface area contributed by atoms with E-state index in [4.69, 9.17) is 14.2 Å². The zero-order valence-corrected chi connectivity index (χ0v) is 46.5. The minimum Gasteiger partial charge on any atom is -0.462 e. The van der Waals surface area contributed by atoms with E-state index in [1.165, 1.54) is 128 Å². The Morgan fingerprint density at radius 1 is 0.296 bits per heavy atom. The van der Waals surface area contributed by atoms with Gasteiger partial charge in [-0.3, -0.25) is 14.4 Å². The molecule has 0 bridgehead atoms. The van der Waals surface area contributed by atoms with Crippen LogP contribution in [0.25, 0.3) is 0 Å². The number of hydrogen-bond donors (Lipinski definition) is 0. The van der Waals surface area contributed by atoms with E-state index in [0.717, 1.165) is 103 Å². The van der Waals surface area contributed by atoms with Crippen LogP contribution >= 0.6 is 0 Å². The SMILES string of the molecule is CC/C=C\C/C=C\C/C=C\C/C=C\C/C=C\CCCC(=O)O[C@@H](COC(=O)CCCCCCCC/C=C\C/C=C\C/C=C\CCCCC)COC(=O)CCCCCCCCCCCCCCCCCCC. The predicted molar refractivity (Wildman–Crippen MR) is 307 cm³/mol. The van der Waals surface area contributed by atoms with Gasteiger partial charge in [-0.2, -0.15) is 0 Å². The van der Waals surface area contributed by atoms with E-state index in [1.807, 2.05) is 0 Å². The zero-order valence-electron chi connectivity index (χ0n) is 46.5. The smallest absolute Gasteiger partial charge is 0.306 e. The van der Waals surface area contributed by atoms with Crippen LogP contribution in [-0.2, 0) is 28.6 Å². The Balaban J connectivity index is 4.48. The van der Waals surface area contributed by atoms with E-state index < -0.39 is 6.10 Å². The van der Waals surface area contributed by atoms with Crippen LogP contribution in [0.3, 0.4) is 0 Å². The molecule has 0 aliphatic rings. The number of ether oxygens (including phenoxy) is 3. The molecule has 0 saturated heterocycles. The summed E-state index contributed by atoms with van der Waals surface area (Å²) >= 11 is 0. The molecule has 0 fully saturated rings. The normalized spacial score (nSPS) is 12.8. The lowest BCUT2D eigenvalue weighted by Crippen LogP contribution is -2.30. The van der Waals surface area contributed by atoms with Crippen LogP contribution in [0, 0.1) is 0 Å². The van der Waals surface area contributed by atoms with Crippen LogP contribution in [0.1, 0.15) is 278 Å². The van der Waals surface area contributed by atoms with Gasteiger partial charge in [-0.05, 0) is 96.3 Å². The third kappa shape index (κ3) is 57.1. The lowest BCUT2D eigenvalue weighted by Gasteiger charge is -2.18. The largest absolute Gasteiger partial charge is 0.462 e. The Kier molecular flexibility index (Phi) is 55.9. The van der Waals surface area contributed by atoms with Crippen molar-refractivity contribution in [3.8, 4) is 0 Å². The maximum atomic E-state index is 12.8. The van der Waals surface area contributed by atoms with Crippen molar-refractivity contribution in [2.75, 3.05) is 13.2 Å². The second-order valence-electron chi connectivity index (χ2n) is 19.5. The lowest BCUT2D eigenvalue weighted by molar-refractivity contribution is -0.167. The highest BCUT2D eigenvalue weighted by Gasteiger charge is 2.19. The van der Waals surface area contributed by atoms with Gasteiger partial charge in [-0.1, -0.05) is 259 Å². The molecule has 0 spiro atoms. The Morgan fingerprint density at radius 2 is 0.563 bits per heavy atom. The molecule has 71 heavy (non-hydrogen) atoms. The van der Waals surface area contributed by atoms with Crippen molar-refractivity contribution in [1.29, 1.82) is 0 Å². The number of rotatable bonds is 53. The van der Waals surface area contributed by atoms with E-state index in [0.29, 0.717) is 19.3 Å². The highest BCUT2D eigenvalue weighted by Crippen LogP contribution is 2.16. The maximum Gasteiger partial charge on any atom is 0.306 e. The van der Waals surface area contributed by atoms with Crippen LogP contribution < -0.4 is 0 Å². The molecule has 0 aromatic rings.